The SMILES string of the molecule is C=C(CCOCC)C(=O)OC(C=C(C)C(=O)O)C(F)(F)F. The molecule has 0 aliphatic heterocycles. The number of carboxylic acids is 1. The third-order valence-corrected chi connectivity index (χ3v) is 2.34. The third kappa shape index (κ3) is 7.50. The number of rotatable bonds is 8. The van der Waals surface area contributed by atoms with Crippen LogP contribution in [0.2, 0.25) is 0 Å². The molecule has 0 fully saturated rings. The van der Waals surface area contributed by atoms with Crippen molar-refractivity contribution in [3.63, 3.8) is 0 Å². The van der Waals surface area contributed by atoms with Gasteiger partial charge in [-0.2, -0.15) is 13.2 Å². The molecule has 21 heavy (non-hydrogen) atoms. The molecule has 0 bridgehead atoms. The van der Waals surface area contributed by atoms with E-state index in [2.05, 4.69) is 11.3 Å². The van der Waals surface area contributed by atoms with Gasteiger partial charge in [0, 0.05) is 24.2 Å². The van der Waals surface area contributed by atoms with Crippen molar-refractivity contribution >= 4 is 11.9 Å². The standard InChI is InChI=1S/C13H17F3O5/c1-4-20-6-5-8(2)12(19)21-10(13(14,15)16)7-9(3)11(17)18/h7,10H,2,4-6H2,1,3H3,(H,17,18). The molecule has 0 saturated carbocycles. The van der Waals surface area contributed by atoms with Gasteiger partial charge in [-0.25, -0.2) is 9.59 Å². The second-order valence-electron chi connectivity index (χ2n) is 4.07. The van der Waals surface area contributed by atoms with Crippen LogP contribution in [0.25, 0.3) is 0 Å². The molecular weight excluding hydrogens is 293 g/mol. The summed E-state index contributed by atoms with van der Waals surface area (Å²) in [4.78, 5) is 22.0. The van der Waals surface area contributed by atoms with Crippen molar-refractivity contribution in [1.29, 1.82) is 0 Å². The average molecular weight is 310 g/mol. The number of carbonyl (C=O) groups is 2. The van der Waals surface area contributed by atoms with Gasteiger partial charge in [0.2, 0.25) is 6.10 Å². The number of aliphatic carboxylic acids is 1. The Morgan fingerprint density at radius 1 is 1.38 bits per heavy atom. The molecule has 0 aliphatic rings. The molecule has 1 atom stereocenters. The van der Waals surface area contributed by atoms with Crippen LogP contribution in [0.3, 0.4) is 0 Å². The summed E-state index contributed by atoms with van der Waals surface area (Å²) in [6, 6.07) is 0. The van der Waals surface area contributed by atoms with Crippen LogP contribution in [0, 0.1) is 0 Å². The summed E-state index contributed by atoms with van der Waals surface area (Å²) >= 11 is 0. The fourth-order valence-electron chi connectivity index (χ4n) is 1.13. The monoisotopic (exact) mass is 310 g/mol. The molecular formula is C13H17F3O5. The van der Waals surface area contributed by atoms with Crippen molar-refractivity contribution in [3.8, 4) is 0 Å². The van der Waals surface area contributed by atoms with Crippen molar-refractivity contribution in [3.05, 3.63) is 23.8 Å². The van der Waals surface area contributed by atoms with E-state index in [9.17, 15) is 22.8 Å². The zero-order valence-corrected chi connectivity index (χ0v) is 11.7. The van der Waals surface area contributed by atoms with Gasteiger partial charge in [-0.1, -0.05) is 6.58 Å². The molecule has 0 amide bonds. The van der Waals surface area contributed by atoms with Gasteiger partial charge >= 0.3 is 18.1 Å². The van der Waals surface area contributed by atoms with E-state index in [1.807, 2.05) is 0 Å². The van der Waals surface area contributed by atoms with Gasteiger partial charge < -0.3 is 14.6 Å². The molecule has 5 nitrogen and oxygen atoms in total. The number of ether oxygens (including phenoxy) is 2. The lowest BCUT2D eigenvalue weighted by atomic mass is 10.2. The van der Waals surface area contributed by atoms with E-state index in [0.717, 1.165) is 6.92 Å². The van der Waals surface area contributed by atoms with E-state index < -0.39 is 29.8 Å². The predicted molar refractivity (Wildman–Crippen MR) is 67.6 cm³/mol. The van der Waals surface area contributed by atoms with Crippen molar-refractivity contribution in [1.82, 2.24) is 0 Å². The fraction of sp³-hybridized carbons (Fsp3) is 0.538. The Morgan fingerprint density at radius 3 is 2.38 bits per heavy atom. The summed E-state index contributed by atoms with van der Waals surface area (Å²) in [6.45, 7) is 6.54. The number of carboxylic acid groups (broad SMARTS) is 1. The van der Waals surface area contributed by atoms with Crippen LogP contribution in [-0.2, 0) is 19.1 Å². The lowest BCUT2D eigenvalue weighted by molar-refractivity contribution is -0.206. The molecule has 0 aliphatic carbocycles. The predicted octanol–water partition coefficient (Wildman–Crippen LogP) is 2.47. The van der Waals surface area contributed by atoms with Gasteiger partial charge in [0.05, 0.1) is 6.61 Å². The van der Waals surface area contributed by atoms with E-state index in [1.54, 1.807) is 6.92 Å². The maximum Gasteiger partial charge on any atom is 0.429 e. The van der Waals surface area contributed by atoms with E-state index >= 15 is 0 Å². The Bertz CT molecular complexity index is 426. The van der Waals surface area contributed by atoms with Crippen molar-refractivity contribution < 1.29 is 37.3 Å². The molecule has 0 saturated heterocycles. The van der Waals surface area contributed by atoms with Gasteiger partial charge in [-0.15, -0.1) is 0 Å². The zero-order valence-electron chi connectivity index (χ0n) is 11.7. The number of alkyl halides is 3. The molecule has 0 aromatic rings. The number of esters is 1. The average Bonchev–Trinajstić information content (AvgIpc) is 2.36. The van der Waals surface area contributed by atoms with Gasteiger partial charge in [-0.05, 0) is 19.9 Å². The number of halogens is 3. The Labute approximate surface area is 120 Å². The molecule has 0 aromatic carbocycles. The first-order valence-electron chi connectivity index (χ1n) is 6.04. The van der Waals surface area contributed by atoms with Gasteiger partial charge in [0.15, 0.2) is 0 Å². The minimum atomic E-state index is -4.91. The normalized spacial score (nSPS) is 13.7. The van der Waals surface area contributed by atoms with Gasteiger partial charge in [-0.3, -0.25) is 0 Å². The highest BCUT2D eigenvalue weighted by Gasteiger charge is 2.42. The van der Waals surface area contributed by atoms with Crippen LogP contribution < -0.4 is 0 Å². The first-order valence-corrected chi connectivity index (χ1v) is 6.04. The highest BCUT2D eigenvalue weighted by Crippen LogP contribution is 2.26. The minimum absolute atomic E-state index is 0.0267. The van der Waals surface area contributed by atoms with Crippen LogP contribution in [0.15, 0.2) is 23.8 Å². The lowest BCUT2D eigenvalue weighted by Crippen LogP contribution is -2.33. The highest BCUT2D eigenvalue weighted by molar-refractivity contribution is 5.88. The molecule has 0 aromatic heterocycles. The summed E-state index contributed by atoms with van der Waals surface area (Å²) < 4.78 is 47.3. The molecule has 1 N–H and O–H groups in total. The van der Waals surface area contributed by atoms with E-state index in [1.165, 1.54) is 0 Å². The van der Waals surface area contributed by atoms with Crippen molar-refractivity contribution in [2.45, 2.75) is 32.5 Å². The summed E-state index contributed by atoms with van der Waals surface area (Å²) in [5.74, 6) is -2.78. The Hall–Kier alpha value is -1.83. The third-order valence-electron chi connectivity index (χ3n) is 2.34. The van der Waals surface area contributed by atoms with E-state index in [0.29, 0.717) is 12.7 Å². The van der Waals surface area contributed by atoms with E-state index in [-0.39, 0.29) is 18.6 Å². The van der Waals surface area contributed by atoms with Gasteiger partial charge in [0.1, 0.15) is 0 Å². The maximum absolute atomic E-state index is 12.7. The van der Waals surface area contributed by atoms with Crippen molar-refractivity contribution in [2.24, 2.45) is 0 Å². The smallest absolute Gasteiger partial charge is 0.429 e. The van der Waals surface area contributed by atoms with E-state index in [4.69, 9.17) is 9.84 Å². The Balaban J connectivity index is 4.84. The zero-order chi connectivity index (χ0) is 16.6. The molecule has 120 valence electrons. The fourth-order valence-corrected chi connectivity index (χ4v) is 1.13. The Kier molecular flexibility index (Phi) is 7.72. The quantitative estimate of drug-likeness (QED) is 0.423. The Morgan fingerprint density at radius 2 is 1.95 bits per heavy atom. The summed E-state index contributed by atoms with van der Waals surface area (Å²) in [6.07, 6.45) is -7.19. The largest absolute Gasteiger partial charge is 0.478 e. The first kappa shape index (κ1) is 19.2. The topological polar surface area (TPSA) is 72.8 Å². The summed E-state index contributed by atoms with van der Waals surface area (Å²) in [7, 11) is 0. The first-order chi connectivity index (χ1) is 9.59. The van der Waals surface area contributed by atoms with Gasteiger partial charge in [0.25, 0.3) is 0 Å². The highest BCUT2D eigenvalue weighted by atomic mass is 19.4. The van der Waals surface area contributed by atoms with Crippen LogP contribution >= 0.6 is 0 Å². The molecule has 0 spiro atoms. The molecule has 8 heteroatoms. The molecule has 1 unspecified atom stereocenters. The van der Waals surface area contributed by atoms with Crippen LogP contribution in [0.4, 0.5) is 13.2 Å². The second-order valence-corrected chi connectivity index (χ2v) is 4.07. The summed E-state index contributed by atoms with van der Waals surface area (Å²) in [5.41, 5.74) is -0.760. The van der Waals surface area contributed by atoms with Crippen LogP contribution in [0.1, 0.15) is 20.3 Å². The van der Waals surface area contributed by atoms with Crippen LogP contribution in [-0.4, -0.2) is 42.5 Å². The van der Waals surface area contributed by atoms with Crippen LogP contribution in [0.5, 0.6) is 0 Å². The number of hydrogen-bond acceptors (Lipinski definition) is 4. The molecule has 0 rings (SSSR count). The summed E-state index contributed by atoms with van der Waals surface area (Å²) in [5, 5.41) is 8.57. The number of hydrogen-bond donors (Lipinski definition) is 1. The lowest BCUT2D eigenvalue weighted by Gasteiger charge is -2.18. The maximum atomic E-state index is 12.7. The minimum Gasteiger partial charge on any atom is -0.478 e. The van der Waals surface area contributed by atoms with Crippen molar-refractivity contribution in [2.75, 3.05) is 13.2 Å². The molecule has 0 radical (unpaired) electrons. The number of carbonyl (C=O) groups excluding carboxylic acids is 1. The second kappa shape index (κ2) is 8.46. The molecule has 0 heterocycles.